The van der Waals surface area contributed by atoms with Crippen LogP contribution in [0.15, 0.2) is 47.8 Å². The second kappa shape index (κ2) is 9.13. The molecule has 0 aliphatic carbocycles. The first-order chi connectivity index (χ1) is 12.0. The van der Waals surface area contributed by atoms with Crippen LogP contribution in [-0.4, -0.2) is 24.4 Å². The first kappa shape index (κ1) is 18.9. The molecule has 0 fully saturated rings. The normalized spacial score (nSPS) is 12.9. The van der Waals surface area contributed by atoms with Crippen molar-refractivity contribution >= 4 is 29.1 Å². The Morgan fingerprint density at radius 3 is 2.44 bits per heavy atom. The second-order valence-electron chi connectivity index (χ2n) is 5.74. The summed E-state index contributed by atoms with van der Waals surface area (Å²) in [6.07, 6.45) is 0.803. The van der Waals surface area contributed by atoms with Crippen molar-refractivity contribution in [1.29, 1.82) is 0 Å². The van der Waals surface area contributed by atoms with Crippen molar-refractivity contribution < 1.29 is 19.1 Å². The van der Waals surface area contributed by atoms with E-state index in [1.807, 2.05) is 44.2 Å². The Labute approximate surface area is 151 Å². The van der Waals surface area contributed by atoms with Gasteiger partial charge in [-0.1, -0.05) is 56.7 Å². The zero-order chi connectivity index (χ0) is 18.2. The second-order valence-corrected chi connectivity index (χ2v) is 6.68. The largest absolute Gasteiger partial charge is 0.455 e. The number of amides is 2. The fraction of sp³-hybridized carbons (Fsp3) is 0.316. The summed E-state index contributed by atoms with van der Waals surface area (Å²) < 4.78 is 5.16. The maximum atomic E-state index is 12.5. The van der Waals surface area contributed by atoms with Crippen LogP contribution in [0, 0.1) is 5.92 Å². The summed E-state index contributed by atoms with van der Waals surface area (Å²) in [4.78, 5) is 36.6. The van der Waals surface area contributed by atoms with E-state index in [0.29, 0.717) is 4.88 Å². The number of esters is 1. The van der Waals surface area contributed by atoms with Gasteiger partial charge in [0.25, 0.3) is 11.8 Å². The van der Waals surface area contributed by atoms with Crippen LogP contribution in [0.5, 0.6) is 0 Å². The SMILES string of the molecule is CC[C@@H](C)[C@H](C(=O)OCC(=O)NC(=O)c1cccs1)c1ccccc1. The molecule has 2 atom stereocenters. The van der Waals surface area contributed by atoms with Crippen LogP contribution < -0.4 is 5.32 Å². The number of ether oxygens (including phenoxy) is 1. The highest BCUT2D eigenvalue weighted by molar-refractivity contribution is 7.12. The molecule has 0 radical (unpaired) electrons. The molecular weight excluding hydrogens is 338 g/mol. The van der Waals surface area contributed by atoms with E-state index in [2.05, 4.69) is 5.32 Å². The van der Waals surface area contributed by atoms with Gasteiger partial charge in [-0.2, -0.15) is 0 Å². The lowest BCUT2D eigenvalue weighted by Crippen LogP contribution is -2.34. The van der Waals surface area contributed by atoms with Crippen molar-refractivity contribution in [3.05, 3.63) is 58.3 Å². The molecular formula is C19H21NO4S. The summed E-state index contributed by atoms with van der Waals surface area (Å²) in [6, 6.07) is 12.7. The Balaban J connectivity index is 1.94. The Kier molecular flexibility index (Phi) is 6.89. The Hall–Kier alpha value is -2.47. The molecule has 1 aromatic carbocycles. The van der Waals surface area contributed by atoms with E-state index in [9.17, 15) is 14.4 Å². The summed E-state index contributed by atoms with van der Waals surface area (Å²) in [6.45, 7) is 3.50. The molecule has 0 aliphatic heterocycles. The molecule has 2 aromatic rings. The monoisotopic (exact) mass is 359 g/mol. The van der Waals surface area contributed by atoms with Gasteiger partial charge in [0, 0.05) is 0 Å². The third kappa shape index (κ3) is 5.26. The number of carbonyl (C=O) groups is 3. The minimum Gasteiger partial charge on any atom is -0.455 e. The molecule has 1 heterocycles. The lowest BCUT2D eigenvalue weighted by atomic mass is 9.86. The molecule has 2 rings (SSSR count). The minimum absolute atomic E-state index is 0.0747. The van der Waals surface area contributed by atoms with Crippen LogP contribution in [0.25, 0.3) is 0 Å². The topological polar surface area (TPSA) is 72.5 Å². The third-order valence-electron chi connectivity index (χ3n) is 3.97. The Morgan fingerprint density at radius 2 is 1.84 bits per heavy atom. The highest BCUT2D eigenvalue weighted by Crippen LogP contribution is 2.28. The molecule has 132 valence electrons. The summed E-state index contributed by atoms with van der Waals surface area (Å²) in [5.41, 5.74) is 0.858. The van der Waals surface area contributed by atoms with Crippen molar-refractivity contribution in [1.82, 2.24) is 5.32 Å². The van der Waals surface area contributed by atoms with Gasteiger partial charge in [0.15, 0.2) is 6.61 Å². The zero-order valence-electron chi connectivity index (χ0n) is 14.2. The van der Waals surface area contributed by atoms with Crippen molar-refractivity contribution in [2.45, 2.75) is 26.2 Å². The molecule has 1 N–H and O–H groups in total. The summed E-state index contributed by atoms with van der Waals surface area (Å²) >= 11 is 1.23. The van der Waals surface area contributed by atoms with Crippen LogP contribution in [0.2, 0.25) is 0 Å². The van der Waals surface area contributed by atoms with E-state index in [0.717, 1.165) is 12.0 Å². The number of carbonyl (C=O) groups excluding carboxylic acids is 3. The summed E-state index contributed by atoms with van der Waals surface area (Å²) in [7, 11) is 0. The van der Waals surface area contributed by atoms with Crippen LogP contribution in [0.1, 0.15) is 41.4 Å². The molecule has 0 bridgehead atoms. The standard InChI is InChI=1S/C19H21NO4S/c1-3-13(2)17(14-8-5-4-6-9-14)19(23)24-12-16(21)20-18(22)15-10-7-11-25-15/h4-11,13,17H,3,12H2,1-2H3,(H,20,21,22)/t13-,17+/m1/s1. The van der Waals surface area contributed by atoms with Gasteiger partial charge < -0.3 is 4.74 Å². The van der Waals surface area contributed by atoms with Crippen molar-refractivity contribution in [3.8, 4) is 0 Å². The number of rotatable bonds is 7. The van der Waals surface area contributed by atoms with Crippen molar-refractivity contribution in [3.63, 3.8) is 0 Å². The number of thiophene rings is 1. The maximum absolute atomic E-state index is 12.5. The molecule has 2 amide bonds. The molecule has 1 aromatic heterocycles. The van der Waals surface area contributed by atoms with Crippen molar-refractivity contribution in [2.75, 3.05) is 6.61 Å². The summed E-state index contributed by atoms with van der Waals surface area (Å²) in [5.74, 6) is -1.95. The van der Waals surface area contributed by atoms with Gasteiger partial charge in [0.1, 0.15) is 0 Å². The quantitative estimate of drug-likeness (QED) is 0.769. The predicted octanol–water partition coefficient (Wildman–Crippen LogP) is 3.38. The van der Waals surface area contributed by atoms with Crippen LogP contribution in [0.3, 0.4) is 0 Å². The lowest BCUT2D eigenvalue weighted by molar-refractivity contribution is -0.151. The lowest BCUT2D eigenvalue weighted by Gasteiger charge is -2.21. The highest BCUT2D eigenvalue weighted by Gasteiger charge is 2.28. The van der Waals surface area contributed by atoms with Gasteiger partial charge in [-0.25, -0.2) is 0 Å². The first-order valence-corrected chi connectivity index (χ1v) is 9.00. The number of nitrogens with one attached hydrogen (secondary N) is 1. The van der Waals surface area contributed by atoms with Gasteiger partial charge in [-0.05, 0) is 22.9 Å². The number of hydrogen-bond acceptors (Lipinski definition) is 5. The third-order valence-corrected chi connectivity index (χ3v) is 4.84. The van der Waals surface area contributed by atoms with Gasteiger partial charge in [-0.3, -0.25) is 19.7 Å². The Bertz CT molecular complexity index is 712. The fourth-order valence-corrected chi connectivity index (χ4v) is 3.07. The molecule has 5 nitrogen and oxygen atoms in total. The van der Waals surface area contributed by atoms with E-state index in [1.165, 1.54) is 11.3 Å². The molecule has 0 saturated carbocycles. The van der Waals surface area contributed by atoms with E-state index in [-0.39, 0.29) is 5.92 Å². The van der Waals surface area contributed by atoms with Gasteiger partial charge in [0.2, 0.25) is 0 Å². The van der Waals surface area contributed by atoms with Crippen molar-refractivity contribution in [2.24, 2.45) is 5.92 Å². The molecule has 0 unspecified atom stereocenters. The minimum atomic E-state index is -0.636. The molecule has 0 aliphatic rings. The van der Waals surface area contributed by atoms with E-state index in [4.69, 9.17) is 4.74 Å². The Morgan fingerprint density at radius 1 is 1.12 bits per heavy atom. The van der Waals surface area contributed by atoms with E-state index in [1.54, 1.807) is 17.5 Å². The van der Waals surface area contributed by atoms with Crippen LogP contribution in [-0.2, 0) is 14.3 Å². The number of imide groups is 1. The average molecular weight is 359 g/mol. The van der Waals surface area contributed by atoms with Crippen LogP contribution >= 0.6 is 11.3 Å². The molecule has 0 spiro atoms. The highest BCUT2D eigenvalue weighted by atomic mass is 32.1. The fourth-order valence-electron chi connectivity index (χ4n) is 2.45. The average Bonchev–Trinajstić information content (AvgIpc) is 3.15. The van der Waals surface area contributed by atoms with E-state index >= 15 is 0 Å². The number of hydrogen-bond donors (Lipinski definition) is 1. The van der Waals surface area contributed by atoms with Gasteiger partial charge in [-0.15, -0.1) is 11.3 Å². The predicted molar refractivity (Wildman–Crippen MR) is 96.4 cm³/mol. The van der Waals surface area contributed by atoms with Gasteiger partial charge in [0.05, 0.1) is 10.8 Å². The van der Waals surface area contributed by atoms with Gasteiger partial charge >= 0.3 is 5.97 Å². The molecule has 25 heavy (non-hydrogen) atoms. The number of benzene rings is 1. The van der Waals surface area contributed by atoms with Crippen LogP contribution in [0.4, 0.5) is 0 Å². The zero-order valence-corrected chi connectivity index (χ0v) is 15.0. The maximum Gasteiger partial charge on any atom is 0.314 e. The summed E-state index contributed by atoms with van der Waals surface area (Å²) in [5, 5.41) is 3.96. The molecule has 0 saturated heterocycles. The molecule has 6 heteroatoms. The van der Waals surface area contributed by atoms with E-state index < -0.39 is 30.3 Å². The first-order valence-electron chi connectivity index (χ1n) is 8.12. The smallest absolute Gasteiger partial charge is 0.314 e.